The highest BCUT2D eigenvalue weighted by molar-refractivity contribution is 6.31. The Morgan fingerprint density at radius 2 is 2.06 bits per heavy atom. The molecule has 0 atom stereocenters. The number of carbonyl (C=O) groups is 1. The molecule has 0 saturated carbocycles. The van der Waals surface area contributed by atoms with Crippen LogP contribution in [0.1, 0.15) is 10.5 Å². The fourth-order valence-electron chi connectivity index (χ4n) is 0.859. The van der Waals surface area contributed by atoms with Crippen molar-refractivity contribution in [3.05, 3.63) is 10.8 Å². The molecule has 1 aromatic rings. The first-order valence-electron chi connectivity index (χ1n) is 3.96. The molecule has 16 heavy (non-hydrogen) atoms. The normalized spacial score (nSPS) is 9.62. The number of ether oxygens (including phenoxy) is 1. The summed E-state index contributed by atoms with van der Waals surface area (Å²) in [7, 11) is 1.18. The van der Waals surface area contributed by atoms with Crippen LogP contribution < -0.4 is 17.2 Å². The second-order valence-electron chi connectivity index (χ2n) is 2.60. The van der Waals surface area contributed by atoms with Crippen LogP contribution in [0.15, 0.2) is 4.99 Å². The van der Waals surface area contributed by atoms with Crippen LogP contribution in [0.5, 0.6) is 0 Å². The predicted octanol–water partition coefficient (Wildman–Crippen LogP) is -0.596. The molecule has 0 aromatic carbocycles. The third-order valence-corrected chi connectivity index (χ3v) is 1.73. The van der Waals surface area contributed by atoms with Gasteiger partial charge in [-0.2, -0.15) is 4.99 Å². The average molecular weight is 245 g/mol. The van der Waals surface area contributed by atoms with E-state index >= 15 is 0 Å². The van der Waals surface area contributed by atoms with Crippen molar-refractivity contribution in [2.75, 3.05) is 12.8 Å². The molecule has 86 valence electrons. The molecule has 1 aromatic heterocycles. The standard InChI is InChI=1S/C7H9ClN6O2/c1-16-6(15)2-4(9)13-5(3(8)12-2)14-7(10)11/h1H3,(H6,9,10,11,13,14). The Labute approximate surface area is 95.5 Å². The van der Waals surface area contributed by atoms with Gasteiger partial charge in [0, 0.05) is 0 Å². The topological polar surface area (TPSA) is 142 Å². The number of hydrogen-bond donors (Lipinski definition) is 3. The van der Waals surface area contributed by atoms with Crippen molar-refractivity contribution >= 4 is 35.2 Å². The van der Waals surface area contributed by atoms with Crippen LogP contribution in [-0.4, -0.2) is 29.0 Å². The van der Waals surface area contributed by atoms with Gasteiger partial charge in [-0.1, -0.05) is 11.6 Å². The molecule has 0 unspecified atom stereocenters. The van der Waals surface area contributed by atoms with Crippen molar-refractivity contribution in [1.82, 2.24) is 9.97 Å². The molecule has 9 heteroatoms. The average Bonchev–Trinajstić information content (AvgIpc) is 2.21. The number of esters is 1. The van der Waals surface area contributed by atoms with Crippen LogP contribution in [0.25, 0.3) is 0 Å². The molecule has 0 aliphatic carbocycles. The van der Waals surface area contributed by atoms with Crippen LogP contribution in [0.2, 0.25) is 5.15 Å². The molecular weight excluding hydrogens is 236 g/mol. The summed E-state index contributed by atoms with van der Waals surface area (Å²) >= 11 is 5.69. The van der Waals surface area contributed by atoms with E-state index in [4.69, 9.17) is 28.8 Å². The number of nitrogens with zero attached hydrogens (tertiary/aromatic N) is 3. The van der Waals surface area contributed by atoms with E-state index < -0.39 is 5.97 Å². The van der Waals surface area contributed by atoms with Crippen molar-refractivity contribution in [3.8, 4) is 0 Å². The lowest BCUT2D eigenvalue weighted by molar-refractivity contribution is 0.0595. The second-order valence-corrected chi connectivity index (χ2v) is 2.96. The second kappa shape index (κ2) is 4.62. The Morgan fingerprint density at radius 1 is 1.44 bits per heavy atom. The smallest absolute Gasteiger partial charge is 0.360 e. The predicted molar refractivity (Wildman–Crippen MR) is 58.3 cm³/mol. The van der Waals surface area contributed by atoms with E-state index in [-0.39, 0.29) is 28.4 Å². The Kier molecular flexibility index (Phi) is 3.46. The van der Waals surface area contributed by atoms with Crippen molar-refractivity contribution in [2.24, 2.45) is 16.5 Å². The van der Waals surface area contributed by atoms with Crippen molar-refractivity contribution in [1.29, 1.82) is 0 Å². The lowest BCUT2D eigenvalue weighted by atomic mass is 10.4. The highest BCUT2D eigenvalue weighted by Crippen LogP contribution is 2.23. The van der Waals surface area contributed by atoms with Gasteiger partial charge in [0.15, 0.2) is 28.4 Å². The van der Waals surface area contributed by atoms with E-state index in [9.17, 15) is 4.79 Å². The van der Waals surface area contributed by atoms with Gasteiger partial charge in [-0.05, 0) is 0 Å². The van der Waals surface area contributed by atoms with E-state index in [0.717, 1.165) is 0 Å². The number of halogens is 1. The monoisotopic (exact) mass is 244 g/mol. The summed E-state index contributed by atoms with van der Waals surface area (Å²) in [5, 5.41) is -0.150. The van der Waals surface area contributed by atoms with Gasteiger partial charge in [-0.25, -0.2) is 14.8 Å². The molecule has 0 aliphatic heterocycles. The Hall–Kier alpha value is -2.09. The quantitative estimate of drug-likeness (QED) is 0.358. The Morgan fingerprint density at radius 3 is 2.56 bits per heavy atom. The molecule has 1 heterocycles. The van der Waals surface area contributed by atoms with Gasteiger partial charge in [-0.15, -0.1) is 0 Å². The Bertz CT molecular complexity index is 456. The molecule has 1 rings (SSSR count). The zero-order valence-corrected chi connectivity index (χ0v) is 9.02. The van der Waals surface area contributed by atoms with Crippen LogP contribution in [0, 0.1) is 0 Å². The molecule has 0 bridgehead atoms. The number of hydrogen-bond acceptors (Lipinski definition) is 6. The Balaban J connectivity index is 3.27. The molecule has 0 saturated heterocycles. The molecule has 0 aliphatic rings. The molecule has 0 spiro atoms. The molecule has 0 amide bonds. The zero-order chi connectivity index (χ0) is 12.3. The van der Waals surface area contributed by atoms with Gasteiger partial charge in [-0.3, -0.25) is 0 Å². The summed E-state index contributed by atoms with van der Waals surface area (Å²) < 4.78 is 4.43. The van der Waals surface area contributed by atoms with Gasteiger partial charge in [0.2, 0.25) is 0 Å². The van der Waals surface area contributed by atoms with Gasteiger partial charge in [0.25, 0.3) is 0 Å². The highest BCUT2D eigenvalue weighted by Gasteiger charge is 2.17. The minimum atomic E-state index is -0.747. The number of rotatable bonds is 2. The van der Waals surface area contributed by atoms with Gasteiger partial charge in [0.05, 0.1) is 7.11 Å². The third kappa shape index (κ3) is 2.48. The number of nitrogens with two attached hydrogens (primary N) is 3. The zero-order valence-electron chi connectivity index (χ0n) is 8.27. The summed E-state index contributed by atoms with van der Waals surface area (Å²) in [6.45, 7) is 0. The van der Waals surface area contributed by atoms with E-state index in [1.165, 1.54) is 7.11 Å². The summed E-state index contributed by atoms with van der Waals surface area (Å²) in [5.41, 5.74) is 15.5. The van der Waals surface area contributed by atoms with Crippen LogP contribution in [-0.2, 0) is 4.74 Å². The first-order valence-corrected chi connectivity index (χ1v) is 4.34. The van der Waals surface area contributed by atoms with E-state index in [2.05, 4.69) is 19.7 Å². The number of carbonyl (C=O) groups excluding carboxylic acids is 1. The first kappa shape index (κ1) is 12.0. The minimum absolute atomic E-state index is 0.0631. The fraction of sp³-hybridized carbons (Fsp3) is 0.143. The molecular formula is C7H9ClN6O2. The molecule has 8 nitrogen and oxygen atoms in total. The van der Waals surface area contributed by atoms with E-state index in [0.29, 0.717) is 0 Å². The molecule has 6 N–H and O–H groups in total. The lowest BCUT2D eigenvalue weighted by Gasteiger charge is -2.04. The van der Waals surface area contributed by atoms with Crippen molar-refractivity contribution in [2.45, 2.75) is 0 Å². The maximum atomic E-state index is 11.2. The third-order valence-electron chi connectivity index (χ3n) is 1.48. The fourth-order valence-corrected chi connectivity index (χ4v) is 1.03. The summed E-state index contributed by atoms with van der Waals surface area (Å²) in [6.07, 6.45) is 0. The summed E-state index contributed by atoms with van der Waals surface area (Å²) in [6, 6.07) is 0. The minimum Gasteiger partial charge on any atom is -0.464 e. The van der Waals surface area contributed by atoms with E-state index in [1.54, 1.807) is 0 Å². The van der Waals surface area contributed by atoms with Crippen LogP contribution in [0.4, 0.5) is 11.6 Å². The van der Waals surface area contributed by atoms with Crippen LogP contribution >= 0.6 is 11.6 Å². The SMILES string of the molecule is COC(=O)c1nc(Cl)c(N=C(N)N)nc1N. The number of nitrogen functional groups attached to an aromatic ring is 1. The largest absolute Gasteiger partial charge is 0.464 e. The lowest BCUT2D eigenvalue weighted by Crippen LogP contribution is -2.22. The number of methoxy groups -OCH3 is 1. The number of aliphatic imine (C=N–C) groups is 1. The highest BCUT2D eigenvalue weighted by atomic mass is 35.5. The summed E-state index contributed by atoms with van der Waals surface area (Å²) in [5.74, 6) is -1.23. The van der Waals surface area contributed by atoms with Gasteiger partial charge >= 0.3 is 5.97 Å². The van der Waals surface area contributed by atoms with Crippen LogP contribution in [0.3, 0.4) is 0 Å². The number of guanidine groups is 1. The molecule has 0 radical (unpaired) electrons. The van der Waals surface area contributed by atoms with Crippen molar-refractivity contribution < 1.29 is 9.53 Å². The first-order chi connectivity index (χ1) is 7.45. The number of anilines is 1. The summed E-state index contributed by atoms with van der Waals surface area (Å²) in [4.78, 5) is 22.2. The van der Waals surface area contributed by atoms with Gasteiger partial charge < -0.3 is 21.9 Å². The maximum absolute atomic E-state index is 11.2. The number of aromatic nitrogens is 2. The van der Waals surface area contributed by atoms with E-state index in [1.807, 2.05) is 0 Å². The maximum Gasteiger partial charge on any atom is 0.360 e. The van der Waals surface area contributed by atoms with Gasteiger partial charge in [0.1, 0.15) is 0 Å². The molecule has 0 fully saturated rings. The van der Waals surface area contributed by atoms with Crippen molar-refractivity contribution in [3.63, 3.8) is 0 Å².